The van der Waals surface area contributed by atoms with Crippen molar-refractivity contribution in [3.63, 3.8) is 0 Å². The van der Waals surface area contributed by atoms with E-state index in [-0.39, 0.29) is 0 Å². The van der Waals surface area contributed by atoms with E-state index >= 15 is 0 Å². The highest BCUT2D eigenvalue weighted by molar-refractivity contribution is 7.11. The second-order valence-corrected chi connectivity index (χ2v) is 7.85. The zero-order chi connectivity index (χ0) is 19.6. The molecule has 27 heavy (non-hydrogen) atoms. The molecule has 2 rings (SSSR count). The summed E-state index contributed by atoms with van der Waals surface area (Å²) in [7, 11) is 4.08. The number of nitrogens with zero attached hydrogens (tertiary/aromatic N) is 3. The summed E-state index contributed by atoms with van der Waals surface area (Å²) < 4.78 is 5.93. The number of nitrogens with one attached hydrogen (secondary N) is 2. The molecule has 7 heteroatoms. The average molecular weight is 390 g/mol. The zero-order valence-electron chi connectivity index (χ0n) is 17.0. The summed E-state index contributed by atoms with van der Waals surface area (Å²) in [6, 6.07) is 8.08. The Balaban J connectivity index is 1.99. The first-order valence-electron chi connectivity index (χ1n) is 9.30. The largest absolute Gasteiger partial charge is 0.492 e. The lowest BCUT2D eigenvalue weighted by Gasteiger charge is -2.14. The maximum atomic E-state index is 5.93. The maximum Gasteiger partial charge on any atom is 0.191 e. The van der Waals surface area contributed by atoms with E-state index in [0.29, 0.717) is 19.7 Å². The fraction of sp³-hybridized carbons (Fsp3) is 0.500. The van der Waals surface area contributed by atoms with Crippen molar-refractivity contribution in [3.05, 3.63) is 45.4 Å². The molecule has 0 saturated heterocycles. The zero-order valence-corrected chi connectivity index (χ0v) is 17.8. The molecule has 0 fully saturated rings. The van der Waals surface area contributed by atoms with Crippen LogP contribution in [0.3, 0.4) is 0 Å². The van der Waals surface area contributed by atoms with Crippen LogP contribution in [0.15, 0.2) is 29.3 Å². The molecule has 1 aromatic carbocycles. The highest BCUT2D eigenvalue weighted by Crippen LogP contribution is 2.19. The monoisotopic (exact) mass is 389 g/mol. The lowest BCUT2D eigenvalue weighted by atomic mass is 10.2. The first-order chi connectivity index (χ1) is 13.0. The molecule has 2 N–H and O–H groups in total. The van der Waals surface area contributed by atoms with E-state index in [1.165, 1.54) is 4.88 Å². The molecule has 1 aromatic heterocycles. The van der Waals surface area contributed by atoms with Gasteiger partial charge in [-0.3, -0.25) is 0 Å². The molecule has 148 valence electrons. The number of ether oxygens (including phenoxy) is 1. The Morgan fingerprint density at radius 3 is 2.67 bits per heavy atom. The Kier molecular flexibility index (Phi) is 8.54. The number of guanidine groups is 1. The summed E-state index contributed by atoms with van der Waals surface area (Å²) in [5, 5.41) is 7.73. The van der Waals surface area contributed by atoms with E-state index in [1.54, 1.807) is 11.3 Å². The van der Waals surface area contributed by atoms with E-state index < -0.39 is 0 Å². The Hall–Kier alpha value is -2.12. The molecule has 0 spiro atoms. The van der Waals surface area contributed by atoms with Crippen molar-refractivity contribution in [1.29, 1.82) is 0 Å². The Morgan fingerprint density at radius 2 is 2.00 bits per heavy atom. The lowest BCUT2D eigenvalue weighted by molar-refractivity contribution is 0.259. The number of aromatic nitrogens is 1. The van der Waals surface area contributed by atoms with E-state index in [4.69, 9.17) is 9.73 Å². The predicted octanol–water partition coefficient (Wildman–Crippen LogP) is 2.96. The molecule has 0 saturated carbocycles. The number of hydrogen-bond donors (Lipinski definition) is 2. The van der Waals surface area contributed by atoms with Gasteiger partial charge in [0.1, 0.15) is 17.4 Å². The highest BCUT2D eigenvalue weighted by Gasteiger charge is 2.06. The summed E-state index contributed by atoms with van der Waals surface area (Å²) in [5.41, 5.74) is 2.18. The van der Waals surface area contributed by atoms with Gasteiger partial charge in [0.15, 0.2) is 5.96 Å². The molecule has 0 aliphatic rings. The van der Waals surface area contributed by atoms with Gasteiger partial charge in [0.05, 0.1) is 18.8 Å². The quantitative estimate of drug-likeness (QED) is 0.510. The Labute approximate surface area is 166 Å². The standard InChI is InChI=1S/C20H31N5OS/c1-6-21-20(23-14-19-24-15(2)16(3)27-19)22-13-17-9-7-8-10-18(17)26-12-11-25(4)5/h7-10H,6,11-14H2,1-5H3,(H2,21,22,23). The number of para-hydroxylation sites is 1. The number of hydrogen-bond acceptors (Lipinski definition) is 5. The van der Waals surface area contributed by atoms with Gasteiger partial charge >= 0.3 is 0 Å². The average Bonchev–Trinajstić information content (AvgIpc) is 2.96. The van der Waals surface area contributed by atoms with Gasteiger partial charge in [-0.1, -0.05) is 18.2 Å². The van der Waals surface area contributed by atoms with Crippen molar-refractivity contribution < 1.29 is 4.74 Å². The van der Waals surface area contributed by atoms with Gasteiger partial charge in [-0.25, -0.2) is 9.98 Å². The molecule has 0 bridgehead atoms. The summed E-state index contributed by atoms with van der Waals surface area (Å²) in [5.74, 6) is 1.68. The van der Waals surface area contributed by atoms with Crippen molar-refractivity contribution in [1.82, 2.24) is 20.5 Å². The van der Waals surface area contributed by atoms with Gasteiger partial charge in [0, 0.05) is 23.5 Å². The minimum Gasteiger partial charge on any atom is -0.492 e. The molecule has 0 unspecified atom stereocenters. The van der Waals surface area contributed by atoms with Crippen molar-refractivity contribution in [3.8, 4) is 5.75 Å². The third-order valence-electron chi connectivity index (χ3n) is 4.00. The first-order valence-corrected chi connectivity index (χ1v) is 10.1. The van der Waals surface area contributed by atoms with Crippen LogP contribution in [0.2, 0.25) is 0 Å². The lowest BCUT2D eigenvalue weighted by Crippen LogP contribution is -2.36. The summed E-state index contributed by atoms with van der Waals surface area (Å²) >= 11 is 1.72. The van der Waals surface area contributed by atoms with Gasteiger partial charge < -0.3 is 20.3 Å². The second-order valence-electron chi connectivity index (χ2n) is 6.56. The Bertz CT molecular complexity index is 722. The molecular weight excluding hydrogens is 358 g/mol. The van der Waals surface area contributed by atoms with Gasteiger partial charge in [0.2, 0.25) is 0 Å². The summed E-state index contributed by atoms with van der Waals surface area (Å²) in [6.07, 6.45) is 0. The van der Waals surface area contributed by atoms with Crippen LogP contribution in [0, 0.1) is 13.8 Å². The normalized spacial score (nSPS) is 11.7. The molecule has 0 aliphatic heterocycles. The first kappa shape index (κ1) is 21.2. The number of benzene rings is 1. The third-order valence-corrected chi connectivity index (χ3v) is 5.07. The summed E-state index contributed by atoms with van der Waals surface area (Å²) in [4.78, 5) is 12.7. The van der Waals surface area contributed by atoms with Crippen LogP contribution in [-0.2, 0) is 13.1 Å². The van der Waals surface area contributed by atoms with E-state index in [9.17, 15) is 0 Å². The molecule has 0 aliphatic carbocycles. The maximum absolute atomic E-state index is 5.93. The van der Waals surface area contributed by atoms with Crippen LogP contribution in [-0.4, -0.2) is 49.6 Å². The minimum atomic E-state index is 0.559. The topological polar surface area (TPSA) is 61.8 Å². The van der Waals surface area contributed by atoms with Gasteiger partial charge in [-0.2, -0.15) is 0 Å². The molecular formula is C20H31N5OS. The molecule has 0 atom stereocenters. The molecule has 2 aromatic rings. The van der Waals surface area contributed by atoms with Crippen molar-refractivity contribution >= 4 is 17.3 Å². The number of aryl methyl sites for hydroxylation is 2. The Morgan fingerprint density at radius 1 is 1.22 bits per heavy atom. The van der Waals surface area contributed by atoms with Crippen LogP contribution < -0.4 is 15.4 Å². The number of aliphatic imine (C=N–C) groups is 1. The fourth-order valence-corrected chi connectivity index (χ4v) is 3.27. The summed E-state index contributed by atoms with van der Waals surface area (Å²) in [6.45, 7) is 9.79. The predicted molar refractivity (Wildman–Crippen MR) is 114 cm³/mol. The van der Waals surface area contributed by atoms with Crippen LogP contribution in [0.4, 0.5) is 0 Å². The number of thiazole rings is 1. The van der Waals surface area contributed by atoms with E-state index in [1.807, 2.05) is 39.2 Å². The van der Waals surface area contributed by atoms with Gasteiger partial charge in [0.25, 0.3) is 0 Å². The van der Waals surface area contributed by atoms with Gasteiger partial charge in [-0.05, 0) is 40.9 Å². The molecule has 6 nitrogen and oxygen atoms in total. The highest BCUT2D eigenvalue weighted by atomic mass is 32.1. The fourth-order valence-electron chi connectivity index (χ4n) is 2.39. The van der Waals surface area contributed by atoms with E-state index in [0.717, 1.165) is 41.1 Å². The minimum absolute atomic E-state index is 0.559. The van der Waals surface area contributed by atoms with Crippen LogP contribution in [0.25, 0.3) is 0 Å². The van der Waals surface area contributed by atoms with Crippen LogP contribution >= 0.6 is 11.3 Å². The molecule has 0 radical (unpaired) electrons. The molecule has 0 amide bonds. The van der Waals surface area contributed by atoms with Crippen molar-refractivity contribution in [2.24, 2.45) is 4.99 Å². The number of rotatable bonds is 9. The third kappa shape index (κ3) is 7.19. The van der Waals surface area contributed by atoms with Crippen LogP contribution in [0.5, 0.6) is 5.75 Å². The second kappa shape index (κ2) is 10.9. The molecule has 1 heterocycles. The SMILES string of the molecule is CCNC(=NCc1ccccc1OCCN(C)C)NCc1nc(C)c(C)s1. The van der Waals surface area contributed by atoms with Crippen molar-refractivity contribution in [2.45, 2.75) is 33.9 Å². The van der Waals surface area contributed by atoms with Crippen molar-refractivity contribution in [2.75, 3.05) is 33.8 Å². The smallest absolute Gasteiger partial charge is 0.191 e. The number of likely N-dealkylation sites (N-methyl/N-ethyl adjacent to an activating group) is 1. The van der Waals surface area contributed by atoms with E-state index in [2.05, 4.69) is 40.4 Å². The van der Waals surface area contributed by atoms with Gasteiger partial charge in [-0.15, -0.1) is 11.3 Å². The van der Waals surface area contributed by atoms with Crippen LogP contribution in [0.1, 0.15) is 28.1 Å².